The van der Waals surface area contributed by atoms with Crippen LogP contribution in [0.25, 0.3) is 0 Å². The number of rotatable bonds is 16. The largest absolute Gasteiger partial charge is 0.481 e. The second-order valence-corrected chi connectivity index (χ2v) is 9.05. The van der Waals surface area contributed by atoms with Crippen LogP contribution in [-0.4, -0.2) is 69.9 Å². The van der Waals surface area contributed by atoms with Crippen LogP contribution in [0, 0.1) is 5.92 Å². The molecular formula is C24H35N5O8. The van der Waals surface area contributed by atoms with Crippen LogP contribution >= 0.6 is 0 Å². The Morgan fingerprint density at radius 3 is 1.89 bits per heavy atom. The normalized spacial score (nSPS) is 14.1. The number of carbonyl (C=O) groups is 6. The molecule has 0 heterocycles. The van der Waals surface area contributed by atoms with E-state index in [0.717, 1.165) is 0 Å². The maximum atomic E-state index is 13.2. The number of amides is 4. The summed E-state index contributed by atoms with van der Waals surface area (Å²) < 4.78 is 0. The Morgan fingerprint density at radius 1 is 0.838 bits per heavy atom. The van der Waals surface area contributed by atoms with Gasteiger partial charge in [-0.05, 0) is 24.3 Å². The van der Waals surface area contributed by atoms with E-state index in [1.165, 1.54) is 0 Å². The van der Waals surface area contributed by atoms with Gasteiger partial charge in [0.2, 0.25) is 23.6 Å². The van der Waals surface area contributed by atoms with Crippen LogP contribution < -0.4 is 27.4 Å². The summed E-state index contributed by atoms with van der Waals surface area (Å²) in [5.74, 6) is -6.07. The summed E-state index contributed by atoms with van der Waals surface area (Å²) in [6.07, 6.45) is -1.21. The molecule has 0 fully saturated rings. The highest BCUT2D eigenvalue weighted by atomic mass is 16.4. The Kier molecular flexibility index (Phi) is 12.7. The van der Waals surface area contributed by atoms with E-state index in [4.69, 9.17) is 16.6 Å². The van der Waals surface area contributed by atoms with Crippen molar-refractivity contribution in [2.24, 2.45) is 17.4 Å². The summed E-state index contributed by atoms with van der Waals surface area (Å²) in [5, 5.41) is 25.4. The quantitative estimate of drug-likeness (QED) is 0.139. The molecule has 1 aromatic rings. The van der Waals surface area contributed by atoms with E-state index in [2.05, 4.69) is 16.0 Å². The minimum atomic E-state index is -1.68. The van der Waals surface area contributed by atoms with Gasteiger partial charge in [0.1, 0.15) is 18.1 Å². The number of hydrogen-bond acceptors (Lipinski definition) is 7. The van der Waals surface area contributed by atoms with Crippen molar-refractivity contribution in [1.82, 2.24) is 16.0 Å². The van der Waals surface area contributed by atoms with Crippen molar-refractivity contribution >= 4 is 35.6 Å². The van der Waals surface area contributed by atoms with Crippen LogP contribution in [0.4, 0.5) is 0 Å². The predicted octanol–water partition coefficient (Wildman–Crippen LogP) is -1.12. The van der Waals surface area contributed by atoms with Crippen LogP contribution in [0.3, 0.4) is 0 Å². The number of nitrogens with two attached hydrogens (primary N) is 2. The third-order valence-corrected chi connectivity index (χ3v) is 5.28. The van der Waals surface area contributed by atoms with Crippen LogP contribution in [0.15, 0.2) is 30.3 Å². The Bertz CT molecular complexity index is 969. The number of carboxylic acid groups (broad SMARTS) is 2. The molecule has 9 N–H and O–H groups in total. The third kappa shape index (κ3) is 12.0. The monoisotopic (exact) mass is 521 g/mol. The molecule has 0 saturated carbocycles. The van der Waals surface area contributed by atoms with Crippen molar-refractivity contribution in [3.63, 3.8) is 0 Å². The number of carbonyl (C=O) groups excluding carboxylic acids is 4. The van der Waals surface area contributed by atoms with E-state index >= 15 is 0 Å². The Labute approximate surface area is 214 Å². The zero-order valence-electron chi connectivity index (χ0n) is 20.8. The van der Waals surface area contributed by atoms with E-state index < -0.39 is 72.6 Å². The van der Waals surface area contributed by atoms with E-state index in [9.17, 15) is 33.9 Å². The summed E-state index contributed by atoms with van der Waals surface area (Å²) in [5.41, 5.74) is 11.7. The molecule has 0 aromatic heterocycles. The molecule has 0 bridgehead atoms. The first-order valence-electron chi connectivity index (χ1n) is 11.7. The molecule has 37 heavy (non-hydrogen) atoms. The molecule has 4 atom stereocenters. The summed E-state index contributed by atoms with van der Waals surface area (Å²) in [7, 11) is 0. The second-order valence-electron chi connectivity index (χ2n) is 9.05. The molecule has 0 radical (unpaired) electrons. The van der Waals surface area contributed by atoms with E-state index in [1.54, 1.807) is 30.3 Å². The number of benzene rings is 1. The highest BCUT2D eigenvalue weighted by Crippen LogP contribution is 2.08. The fraction of sp³-hybridized carbons (Fsp3) is 0.500. The number of carboxylic acids is 2. The van der Waals surface area contributed by atoms with Gasteiger partial charge in [0.25, 0.3) is 0 Å². The number of nitrogens with one attached hydrogen (secondary N) is 3. The van der Waals surface area contributed by atoms with Gasteiger partial charge >= 0.3 is 11.9 Å². The average molecular weight is 522 g/mol. The highest BCUT2D eigenvalue weighted by Gasteiger charge is 2.31. The lowest BCUT2D eigenvalue weighted by Crippen LogP contribution is -2.58. The van der Waals surface area contributed by atoms with Gasteiger partial charge in [-0.3, -0.25) is 24.0 Å². The van der Waals surface area contributed by atoms with Gasteiger partial charge in [0.05, 0.1) is 12.5 Å². The number of primary amides is 1. The molecular weight excluding hydrogens is 486 g/mol. The van der Waals surface area contributed by atoms with Crippen LogP contribution in [0.2, 0.25) is 0 Å². The first-order valence-corrected chi connectivity index (χ1v) is 11.7. The van der Waals surface area contributed by atoms with E-state index in [1.807, 2.05) is 13.8 Å². The van der Waals surface area contributed by atoms with Gasteiger partial charge in [-0.2, -0.15) is 0 Å². The fourth-order valence-electron chi connectivity index (χ4n) is 3.44. The van der Waals surface area contributed by atoms with Crippen LogP contribution in [0.5, 0.6) is 0 Å². The maximum Gasteiger partial charge on any atom is 0.326 e. The molecule has 13 nitrogen and oxygen atoms in total. The molecule has 4 amide bonds. The summed E-state index contributed by atoms with van der Waals surface area (Å²) in [6, 6.07) is 3.51. The zero-order chi connectivity index (χ0) is 28.1. The summed E-state index contributed by atoms with van der Waals surface area (Å²) in [6.45, 7) is 3.77. The SMILES string of the molecule is CC(C)CC(N)C(=O)NC(Cc1ccccc1)C(=O)NC(CCC(=O)O)C(=O)NC(CC(N)=O)C(=O)O. The van der Waals surface area contributed by atoms with Crippen molar-refractivity contribution in [2.75, 3.05) is 0 Å². The summed E-state index contributed by atoms with van der Waals surface area (Å²) >= 11 is 0. The standard InChI is InChI=1S/C24H35N5O8/c1-13(2)10-15(25)21(33)28-17(11-14-6-4-3-5-7-14)23(35)27-16(8-9-20(31)32)22(34)29-18(24(36)37)12-19(26)30/h3-7,13,15-18H,8-12,25H2,1-2H3,(H2,26,30)(H,27,35)(H,28,33)(H,29,34)(H,31,32)(H,36,37). The van der Waals surface area contributed by atoms with Gasteiger partial charge < -0.3 is 37.6 Å². The molecule has 0 aliphatic heterocycles. The van der Waals surface area contributed by atoms with Crippen molar-refractivity contribution < 1.29 is 39.0 Å². The lowest BCUT2D eigenvalue weighted by atomic mass is 10.0. The lowest BCUT2D eigenvalue weighted by molar-refractivity contribution is -0.144. The Balaban J connectivity index is 3.14. The van der Waals surface area contributed by atoms with Crippen LogP contribution in [-0.2, 0) is 35.2 Å². The number of aliphatic carboxylic acids is 2. The predicted molar refractivity (Wildman–Crippen MR) is 132 cm³/mol. The molecule has 13 heteroatoms. The lowest BCUT2D eigenvalue weighted by Gasteiger charge is -2.25. The van der Waals surface area contributed by atoms with Crippen molar-refractivity contribution in [2.45, 2.75) is 70.1 Å². The first-order chi connectivity index (χ1) is 17.3. The molecule has 1 rings (SSSR count). The molecule has 0 aliphatic rings. The van der Waals surface area contributed by atoms with Crippen molar-refractivity contribution in [3.05, 3.63) is 35.9 Å². The molecule has 1 aromatic carbocycles. The Hall–Kier alpha value is -4.00. The van der Waals surface area contributed by atoms with Gasteiger partial charge in [0.15, 0.2) is 0 Å². The minimum Gasteiger partial charge on any atom is -0.481 e. The van der Waals surface area contributed by atoms with Gasteiger partial charge in [-0.1, -0.05) is 44.2 Å². The highest BCUT2D eigenvalue weighted by molar-refractivity contribution is 5.95. The Morgan fingerprint density at radius 2 is 1.38 bits per heavy atom. The molecule has 0 spiro atoms. The zero-order valence-corrected chi connectivity index (χ0v) is 20.8. The minimum absolute atomic E-state index is 0.0412. The average Bonchev–Trinajstić information content (AvgIpc) is 2.80. The summed E-state index contributed by atoms with van der Waals surface area (Å²) in [4.78, 5) is 72.3. The topological polar surface area (TPSA) is 231 Å². The van der Waals surface area contributed by atoms with Gasteiger partial charge in [-0.15, -0.1) is 0 Å². The third-order valence-electron chi connectivity index (χ3n) is 5.28. The van der Waals surface area contributed by atoms with E-state index in [-0.39, 0.29) is 18.8 Å². The van der Waals surface area contributed by atoms with Gasteiger partial charge in [-0.25, -0.2) is 4.79 Å². The smallest absolute Gasteiger partial charge is 0.326 e. The van der Waals surface area contributed by atoms with E-state index in [0.29, 0.717) is 12.0 Å². The first kappa shape index (κ1) is 31.0. The van der Waals surface area contributed by atoms with Crippen LogP contribution in [0.1, 0.15) is 45.1 Å². The molecule has 0 aliphatic carbocycles. The second kappa shape index (κ2) is 15.2. The molecule has 0 saturated heterocycles. The van der Waals surface area contributed by atoms with Crippen molar-refractivity contribution in [3.8, 4) is 0 Å². The molecule has 4 unspecified atom stereocenters. The molecule has 204 valence electrons. The van der Waals surface area contributed by atoms with Crippen molar-refractivity contribution in [1.29, 1.82) is 0 Å². The maximum absolute atomic E-state index is 13.2. The van der Waals surface area contributed by atoms with Gasteiger partial charge in [0, 0.05) is 12.8 Å². The fourth-order valence-corrected chi connectivity index (χ4v) is 3.44. The number of hydrogen-bond donors (Lipinski definition) is 7.